The fourth-order valence-electron chi connectivity index (χ4n) is 11.7. The summed E-state index contributed by atoms with van der Waals surface area (Å²) in [6.45, 7) is 16.7. The highest BCUT2D eigenvalue weighted by Crippen LogP contribution is 2.38. The molecule has 2 amide bonds. The van der Waals surface area contributed by atoms with Crippen LogP contribution in [0.2, 0.25) is 0 Å². The molecular weight excluding hydrogens is 1170 g/mol. The van der Waals surface area contributed by atoms with Gasteiger partial charge in [-0.2, -0.15) is 0 Å². The number of piperidine rings is 1. The summed E-state index contributed by atoms with van der Waals surface area (Å²) in [5.74, 6) is -8.31. The minimum atomic E-state index is -2.49. The first kappa shape index (κ1) is 78.1. The molecule has 24 heteroatoms. The number of Topliss-reactive ketones (excluding diaryl/α,β-unsaturated/α-hetero) is 3. The minimum absolute atomic E-state index is 0.0234. The molecule has 0 aromatic carbocycles. The first-order valence-electron chi connectivity index (χ1n) is 32.5. The quantitative estimate of drug-likeness (QED) is 0.0278. The number of nitrogens with two attached hydrogens (primary N) is 1. The summed E-state index contributed by atoms with van der Waals surface area (Å²) in [5.41, 5.74) is 8.10. The van der Waals surface area contributed by atoms with E-state index in [1.807, 2.05) is 44.2 Å². The molecule has 16 atom stereocenters. The Morgan fingerprint density at radius 1 is 0.722 bits per heavy atom. The van der Waals surface area contributed by atoms with Crippen molar-refractivity contribution in [2.75, 3.05) is 107 Å². The number of rotatable bonds is 27. The van der Waals surface area contributed by atoms with Gasteiger partial charge in [-0.15, -0.1) is 0 Å². The van der Waals surface area contributed by atoms with Gasteiger partial charge in [0.25, 0.3) is 11.7 Å². The van der Waals surface area contributed by atoms with Crippen LogP contribution in [0.3, 0.4) is 0 Å². The van der Waals surface area contributed by atoms with Crippen molar-refractivity contribution < 1.29 is 101 Å². The van der Waals surface area contributed by atoms with E-state index in [-0.39, 0.29) is 68.6 Å². The highest BCUT2D eigenvalue weighted by molar-refractivity contribution is 6.39. The Kier molecular flexibility index (Phi) is 36.5. The van der Waals surface area contributed by atoms with Crippen LogP contribution in [-0.4, -0.2) is 234 Å². The fourth-order valence-corrected chi connectivity index (χ4v) is 11.7. The maximum Gasteiger partial charge on any atom is 0.407 e. The van der Waals surface area contributed by atoms with Crippen molar-refractivity contribution in [3.05, 3.63) is 47.6 Å². The maximum atomic E-state index is 14.6. The van der Waals surface area contributed by atoms with Crippen molar-refractivity contribution in [2.24, 2.45) is 35.3 Å². The van der Waals surface area contributed by atoms with Crippen LogP contribution in [0, 0.1) is 29.6 Å². The largest absolute Gasteiger partial charge is 0.459 e. The Balaban J connectivity index is 1.37. The molecule has 1 saturated carbocycles. The van der Waals surface area contributed by atoms with Gasteiger partial charge in [0.15, 0.2) is 5.78 Å². The molecule has 0 radical (unpaired) electrons. The third kappa shape index (κ3) is 26.9. The first-order chi connectivity index (χ1) is 43.0. The predicted octanol–water partition coefficient (Wildman–Crippen LogP) is 4.82. The maximum absolute atomic E-state index is 14.6. The van der Waals surface area contributed by atoms with Gasteiger partial charge in [0, 0.05) is 70.4 Å². The van der Waals surface area contributed by atoms with Gasteiger partial charge in [0.05, 0.1) is 104 Å². The molecule has 0 spiro atoms. The SMILES string of the molecule is CO[C@H]1C[C@@H]2CC[C@@H](C)[C@@](O)(O2)C(=O)C(=O)N2CCCC[C@H]2C(=O)O[C@H]([C@H](N)C[C@@H]2CC[C@@H](OC(=O)NCCOCCOCCOCCOCCOCCOCCC(C)=O)[C@H](OC)C2)C[C@@H](O)[C@H](C)/C=C(\C)[C@@H](O)[C@@H](O)C(=O)[C@H](C)C[C@H](C)/C=C/C=CC=C1C. The second-order valence-corrected chi connectivity index (χ2v) is 24.7. The van der Waals surface area contributed by atoms with Crippen molar-refractivity contribution in [1.82, 2.24) is 10.2 Å². The van der Waals surface area contributed by atoms with Crippen LogP contribution in [0.15, 0.2) is 47.6 Å². The van der Waals surface area contributed by atoms with Gasteiger partial charge in [-0.05, 0) is 108 Å². The molecule has 3 aliphatic heterocycles. The highest BCUT2D eigenvalue weighted by Gasteiger charge is 2.53. The number of esters is 1. The number of methoxy groups -OCH3 is 2. The topological polar surface area (TPSA) is 326 Å². The number of alkyl carbamates (subject to hydrolysis) is 1. The summed E-state index contributed by atoms with van der Waals surface area (Å²) in [5, 5.41) is 49.1. The van der Waals surface area contributed by atoms with E-state index in [0.717, 1.165) is 10.5 Å². The Bertz CT molecular complexity index is 2300. The summed E-state index contributed by atoms with van der Waals surface area (Å²) >= 11 is 0. The number of carbonyl (C=O) groups excluding carboxylic acids is 6. The van der Waals surface area contributed by atoms with Crippen LogP contribution >= 0.6 is 0 Å². The number of hydrogen-bond acceptors (Lipinski definition) is 22. The molecule has 4 aliphatic rings. The zero-order valence-corrected chi connectivity index (χ0v) is 55.0. The number of amides is 2. The van der Waals surface area contributed by atoms with Crippen LogP contribution in [-0.2, 0) is 76.1 Å². The Morgan fingerprint density at radius 2 is 1.34 bits per heavy atom. The lowest BCUT2D eigenvalue weighted by Crippen LogP contribution is -2.61. The lowest BCUT2D eigenvalue weighted by Gasteiger charge is -2.42. The molecule has 24 nitrogen and oxygen atoms in total. The number of fused-ring (bicyclic) bond motifs is 3. The summed E-state index contributed by atoms with van der Waals surface area (Å²) in [7, 11) is 3.08. The number of ketones is 3. The molecular formula is C66H109N3O21. The zero-order chi connectivity index (χ0) is 66.2. The van der Waals surface area contributed by atoms with E-state index < -0.39 is 114 Å². The molecule has 2 bridgehead atoms. The molecule has 0 aromatic rings. The molecule has 2 saturated heterocycles. The van der Waals surface area contributed by atoms with Crippen molar-refractivity contribution in [1.29, 1.82) is 0 Å². The van der Waals surface area contributed by atoms with Crippen LogP contribution in [0.5, 0.6) is 0 Å². The second-order valence-electron chi connectivity index (χ2n) is 24.7. The number of ether oxygens (including phenoxy) is 11. The minimum Gasteiger partial charge on any atom is -0.459 e. The van der Waals surface area contributed by atoms with Gasteiger partial charge in [-0.25, -0.2) is 9.59 Å². The Labute approximate surface area is 533 Å². The van der Waals surface area contributed by atoms with E-state index in [1.54, 1.807) is 40.9 Å². The lowest BCUT2D eigenvalue weighted by molar-refractivity contribution is -0.265. The number of carbonyl (C=O) groups is 6. The van der Waals surface area contributed by atoms with Crippen LogP contribution < -0.4 is 11.1 Å². The molecule has 90 heavy (non-hydrogen) atoms. The van der Waals surface area contributed by atoms with Gasteiger partial charge in [-0.1, -0.05) is 64.2 Å². The van der Waals surface area contributed by atoms with Crippen molar-refractivity contribution in [2.45, 2.75) is 199 Å². The number of hydrogen-bond donors (Lipinski definition) is 6. The van der Waals surface area contributed by atoms with Gasteiger partial charge in [0.2, 0.25) is 5.79 Å². The van der Waals surface area contributed by atoms with Crippen LogP contribution in [0.25, 0.3) is 0 Å². The summed E-state index contributed by atoms with van der Waals surface area (Å²) in [6.07, 6.45) is 6.88. The van der Waals surface area contributed by atoms with Crippen molar-refractivity contribution in [3.8, 4) is 0 Å². The fraction of sp³-hybridized carbons (Fsp3) is 0.788. The van der Waals surface area contributed by atoms with Crippen LogP contribution in [0.4, 0.5) is 4.79 Å². The average molecular weight is 1280 g/mol. The molecule has 3 heterocycles. The molecule has 4 rings (SSSR count). The Morgan fingerprint density at radius 3 is 1.96 bits per heavy atom. The first-order valence-corrected chi connectivity index (χ1v) is 32.5. The van der Waals surface area contributed by atoms with Gasteiger partial charge in [0.1, 0.15) is 36.2 Å². The number of aliphatic hydroxyl groups excluding tert-OH is 3. The zero-order valence-electron chi connectivity index (χ0n) is 55.0. The molecule has 0 aromatic heterocycles. The van der Waals surface area contributed by atoms with E-state index in [2.05, 4.69) is 5.32 Å². The van der Waals surface area contributed by atoms with Gasteiger partial charge < -0.3 is 88.5 Å². The van der Waals surface area contributed by atoms with Crippen molar-refractivity contribution >= 4 is 35.3 Å². The molecule has 0 unspecified atom stereocenters. The summed E-state index contributed by atoms with van der Waals surface area (Å²) in [6, 6.07) is -2.13. The van der Waals surface area contributed by atoms with Crippen molar-refractivity contribution in [3.63, 3.8) is 0 Å². The standard InChI is InChI=1S/C66H109N3O21/c1-43-15-11-10-12-16-44(2)56(80-8)41-51-20-18-48(6)66(79,90-51)62(75)63(76)69-24-14-13-17-53(69)64(77)88-57(42-54(71)45(3)38-47(5)60(73)61(74)59(72)46(4)37-43)52(67)39-50-19-21-55(58(40-50)81-9)89-65(78)68-23-26-83-28-30-85-32-34-87-36-35-86-33-31-84-29-27-82-25-22-49(7)70/h10-12,15-16,38,43,45-46,48,50-58,60-61,71,73-74,79H,13-14,17-37,39-42,67H2,1-9H3,(H,68,78)/b12-10?,15-11+,44-16?,47-38+/t43-,45-,46-,48-,50+,51+,52-,53+,54-,55-,56+,57+,58-,60-,61+,66-/m1/s1. The number of nitrogens with zero attached hydrogens (tertiary/aromatic N) is 1. The highest BCUT2D eigenvalue weighted by atomic mass is 16.6. The number of nitrogens with one attached hydrogen (secondary N) is 1. The van der Waals surface area contributed by atoms with Gasteiger partial charge in [-0.3, -0.25) is 19.2 Å². The van der Waals surface area contributed by atoms with Crippen LogP contribution in [0.1, 0.15) is 132 Å². The lowest BCUT2D eigenvalue weighted by atomic mass is 9.80. The second kappa shape index (κ2) is 42.1. The number of aliphatic hydroxyl groups is 4. The summed E-state index contributed by atoms with van der Waals surface area (Å²) < 4.78 is 62.8. The van der Waals surface area contributed by atoms with E-state index in [4.69, 9.17) is 57.8 Å². The van der Waals surface area contributed by atoms with Gasteiger partial charge >= 0.3 is 12.1 Å². The predicted molar refractivity (Wildman–Crippen MR) is 333 cm³/mol. The number of allylic oxidation sites excluding steroid dienone is 5. The van der Waals surface area contributed by atoms with E-state index in [0.29, 0.717) is 130 Å². The summed E-state index contributed by atoms with van der Waals surface area (Å²) in [4.78, 5) is 81.9. The van der Waals surface area contributed by atoms with E-state index in [1.165, 1.54) is 14.0 Å². The van der Waals surface area contributed by atoms with E-state index >= 15 is 0 Å². The normalized spacial score (nSPS) is 32.2. The number of cyclic esters (lactones) is 1. The monoisotopic (exact) mass is 1280 g/mol. The smallest absolute Gasteiger partial charge is 0.407 e. The Hall–Kier alpha value is -4.38. The molecule has 514 valence electrons. The molecule has 7 N–H and O–H groups in total. The molecule has 1 aliphatic carbocycles. The molecule has 3 fully saturated rings. The third-order valence-electron chi connectivity index (χ3n) is 17.4. The third-order valence-corrected chi connectivity index (χ3v) is 17.4. The average Bonchev–Trinajstić information content (AvgIpc) is 0.810. The van der Waals surface area contributed by atoms with E-state index in [9.17, 15) is 49.2 Å².